The van der Waals surface area contributed by atoms with Gasteiger partial charge in [-0.1, -0.05) is 6.07 Å². The molecule has 29 heavy (non-hydrogen) atoms. The first-order valence-electron chi connectivity index (χ1n) is 8.72. The molecule has 154 valence electrons. The van der Waals surface area contributed by atoms with Crippen LogP contribution < -0.4 is 19.5 Å². The SMILES string of the molecule is COc1ccc(C)cc1NC(=O)[C@H](C)OC(=O)c1c(C=O)ccc(OC)c1OC. The second-order valence-electron chi connectivity index (χ2n) is 6.12. The first kappa shape index (κ1) is 21.7. The van der Waals surface area contributed by atoms with Crippen molar-refractivity contribution >= 4 is 23.9 Å². The van der Waals surface area contributed by atoms with Gasteiger partial charge in [-0.15, -0.1) is 0 Å². The Kier molecular flexibility index (Phi) is 7.19. The minimum Gasteiger partial charge on any atom is -0.495 e. The van der Waals surface area contributed by atoms with Crippen molar-refractivity contribution in [2.45, 2.75) is 20.0 Å². The second-order valence-corrected chi connectivity index (χ2v) is 6.12. The van der Waals surface area contributed by atoms with Gasteiger partial charge in [0.05, 0.1) is 27.0 Å². The zero-order valence-corrected chi connectivity index (χ0v) is 16.9. The van der Waals surface area contributed by atoms with Gasteiger partial charge in [0.2, 0.25) is 0 Å². The first-order valence-corrected chi connectivity index (χ1v) is 8.72. The molecule has 8 nitrogen and oxygen atoms in total. The van der Waals surface area contributed by atoms with E-state index in [4.69, 9.17) is 18.9 Å². The first-order chi connectivity index (χ1) is 13.9. The lowest BCUT2D eigenvalue weighted by atomic mass is 10.1. The average Bonchev–Trinajstić information content (AvgIpc) is 2.72. The Morgan fingerprint density at radius 1 is 1.00 bits per heavy atom. The zero-order chi connectivity index (χ0) is 21.6. The number of hydrogen-bond acceptors (Lipinski definition) is 7. The maximum absolute atomic E-state index is 12.7. The van der Waals surface area contributed by atoms with E-state index in [1.54, 1.807) is 12.1 Å². The predicted molar refractivity (Wildman–Crippen MR) is 106 cm³/mol. The molecule has 1 atom stereocenters. The van der Waals surface area contributed by atoms with E-state index in [0.717, 1.165) is 5.56 Å². The van der Waals surface area contributed by atoms with Gasteiger partial charge in [-0.05, 0) is 43.7 Å². The fourth-order valence-corrected chi connectivity index (χ4v) is 2.68. The number of methoxy groups -OCH3 is 3. The monoisotopic (exact) mass is 401 g/mol. The molecule has 0 spiro atoms. The zero-order valence-electron chi connectivity index (χ0n) is 16.9. The fraction of sp³-hybridized carbons (Fsp3) is 0.286. The Hall–Kier alpha value is -3.55. The van der Waals surface area contributed by atoms with Crippen LogP contribution in [0, 0.1) is 6.92 Å². The number of aldehydes is 1. The third-order valence-corrected chi connectivity index (χ3v) is 4.17. The number of benzene rings is 2. The fourth-order valence-electron chi connectivity index (χ4n) is 2.68. The Morgan fingerprint density at radius 2 is 1.66 bits per heavy atom. The molecule has 0 bridgehead atoms. The number of esters is 1. The van der Waals surface area contributed by atoms with Crippen molar-refractivity contribution in [1.82, 2.24) is 0 Å². The van der Waals surface area contributed by atoms with Crippen LogP contribution in [-0.2, 0) is 9.53 Å². The number of amides is 1. The summed E-state index contributed by atoms with van der Waals surface area (Å²) >= 11 is 0. The van der Waals surface area contributed by atoms with Crippen LogP contribution in [0.2, 0.25) is 0 Å². The molecule has 8 heteroatoms. The highest BCUT2D eigenvalue weighted by Gasteiger charge is 2.26. The van der Waals surface area contributed by atoms with E-state index in [2.05, 4.69) is 5.32 Å². The minimum atomic E-state index is -1.15. The predicted octanol–water partition coefficient (Wildman–Crippen LogP) is 3.02. The van der Waals surface area contributed by atoms with Crippen molar-refractivity contribution in [2.24, 2.45) is 0 Å². The van der Waals surface area contributed by atoms with E-state index in [1.807, 2.05) is 13.0 Å². The third-order valence-electron chi connectivity index (χ3n) is 4.17. The van der Waals surface area contributed by atoms with E-state index >= 15 is 0 Å². The van der Waals surface area contributed by atoms with Crippen molar-refractivity contribution in [2.75, 3.05) is 26.6 Å². The number of anilines is 1. The van der Waals surface area contributed by atoms with Crippen molar-refractivity contribution < 1.29 is 33.3 Å². The van der Waals surface area contributed by atoms with Crippen LogP contribution in [-0.4, -0.2) is 45.6 Å². The van der Waals surface area contributed by atoms with Gasteiger partial charge in [0, 0.05) is 5.56 Å². The molecule has 0 fully saturated rings. The lowest BCUT2D eigenvalue weighted by Crippen LogP contribution is -2.30. The molecule has 2 aromatic rings. The highest BCUT2D eigenvalue weighted by Crippen LogP contribution is 2.34. The summed E-state index contributed by atoms with van der Waals surface area (Å²) in [7, 11) is 4.22. The number of ether oxygens (including phenoxy) is 4. The smallest absolute Gasteiger partial charge is 0.343 e. The van der Waals surface area contributed by atoms with Crippen LogP contribution >= 0.6 is 0 Å². The Balaban J connectivity index is 2.24. The number of carbonyl (C=O) groups excluding carboxylic acids is 3. The molecule has 0 aliphatic heterocycles. The van der Waals surface area contributed by atoms with Crippen LogP contribution in [0.15, 0.2) is 30.3 Å². The molecule has 0 radical (unpaired) electrons. The van der Waals surface area contributed by atoms with Gasteiger partial charge in [0.15, 0.2) is 23.9 Å². The quantitative estimate of drug-likeness (QED) is 0.536. The van der Waals surface area contributed by atoms with Gasteiger partial charge in [-0.25, -0.2) is 4.79 Å². The third kappa shape index (κ3) is 4.84. The largest absolute Gasteiger partial charge is 0.495 e. The van der Waals surface area contributed by atoms with E-state index in [1.165, 1.54) is 40.4 Å². The number of nitrogens with one attached hydrogen (secondary N) is 1. The maximum Gasteiger partial charge on any atom is 0.343 e. The van der Waals surface area contributed by atoms with E-state index < -0.39 is 18.0 Å². The molecule has 0 aromatic heterocycles. The number of aryl methyl sites for hydroxylation is 1. The number of rotatable bonds is 8. The maximum atomic E-state index is 12.7. The molecule has 2 aromatic carbocycles. The summed E-state index contributed by atoms with van der Waals surface area (Å²) in [6.45, 7) is 3.29. The highest BCUT2D eigenvalue weighted by atomic mass is 16.6. The van der Waals surface area contributed by atoms with Crippen LogP contribution in [0.25, 0.3) is 0 Å². The standard InChI is InChI=1S/C21H23NO7/c1-12-6-8-16(26-3)15(10-12)22-20(24)13(2)29-21(25)18-14(11-23)7-9-17(27-4)19(18)28-5/h6-11,13H,1-5H3,(H,22,24)/t13-/m0/s1. The van der Waals surface area contributed by atoms with Gasteiger partial charge in [0.1, 0.15) is 11.3 Å². The average molecular weight is 401 g/mol. The molecule has 1 amide bonds. The Bertz CT molecular complexity index is 923. The van der Waals surface area contributed by atoms with Crippen molar-refractivity contribution in [1.29, 1.82) is 0 Å². The van der Waals surface area contributed by atoms with Crippen LogP contribution in [0.4, 0.5) is 5.69 Å². The van der Waals surface area contributed by atoms with Gasteiger partial charge >= 0.3 is 5.97 Å². The molecule has 0 unspecified atom stereocenters. The van der Waals surface area contributed by atoms with Gasteiger partial charge in [-0.2, -0.15) is 0 Å². The summed E-state index contributed by atoms with van der Waals surface area (Å²) in [5, 5.41) is 2.67. The lowest BCUT2D eigenvalue weighted by Gasteiger charge is -2.18. The molecular formula is C21H23NO7. The summed E-state index contributed by atoms with van der Waals surface area (Å²) in [5.41, 5.74) is 1.31. The normalized spacial score (nSPS) is 11.2. The molecule has 0 heterocycles. The summed E-state index contributed by atoms with van der Waals surface area (Å²) in [5.74, 6) is -0.666. The van der Waals surface area contributed by atoms with E-state index in [9.17, 15) is 14.4 Å². The van der Waals surface area contributed by atoms with Gasteiger partial charge in [-0.3, -0.25) is 9.59 Å². The number of carbonyl (C=O) groups is 3. The summed E-state index contributed by atoms with van der Waals surface area (Å²) < 4.78 is 20.9. The molecule has 2 rings (SSSR count). The van der Waals surface area contributed by atoms with Crippen LogP contribution in [0.3, 0.4) is 0 Å². The van der Waals surface area contributed by atoms with E-state index in [0.29, 0.717) is 17.7 Å². The van der Waals surface area contributed by atoms with Gasteiger partial charge in [0.25, 0.3) is 5.91 Å². The summed E-state index contributed by atoms with van der Waals surface area (Å²) in [6.07, 6.45) is -0.649. The van der Waals surface area contributed by atoms with Crippen molar-refractivity contribution in [3.63, 3.8) is 0 Å². The molecule has 0 saturated carbocycles. The highest BCUT2D eigenvalue weighted by molar-refractivity contribution is 6.03. The Labute approximate surface area is 168 Å². The number of hydrogen-bond donors (Lipinski definition) is 1. The van der Waals surface area contributed by atoms with Crippen LogP contribution in [0.5, 0.6) is 17.2 Å². The Morgan fingerprint density at radius 3 is 2.24 bits per heavy atom. The molecule has 0 aliphatic carbocycles. The minimum absolute atomic E-state index is 0.0510. The molecule has 0 saturated heterocycles. The topological polar surface area (TPSA) is 100 Å². The summed E-state index contributed by atoms with van der Waals surface area (Å²) in [6, 6.07) is 8.21. The van der Waals surface area contributed by atoms with Crippen LogP contribution in [0.1, 0.15) is 33.2 Å². The lowest BCUT2D eigenvalue weighted by molar-refractivity contribution is -0.123. The van der Waals surface area contributed by atoms with E-state index in [-0.39, 0.29) is 22.6 Å². The molecule has 0 aliphatic rings. The van der Waals surface area contributed by atoms with Gasteiger partial charge < -0.3 is 24.3 Å². The van der Waals surface area contributed by atoms with Crippen molar-refractivity contribution in [3.8, 4) is 17.2 Å². The van der Waals surface area contributed by atoms with Crippen molar-refractivity contribution in [3.05, 3.63) is 47.0 Å². The second kappa shape index (κ2) is 9.59. The molecular weight excluding hydrogens is 378 g/mol. The molecule has 1 N–H and O–H groups in total. The summed E-state index contributed by atoms with van der Waals surface area (Å²) in [4.78, 5) is 36.6.